The van der Waals surface area contributed by atoms with Crippen molar-refractivity contribution in [1.29, 1.82) is 0 Å². The molecule has 0 spiro atoms. The molecule has 2 amide bonds. The van der Waals surface area contributed by atoms with Crippen molar-refractivity contribution in [1.82, 2.24) is 15.2 Å². The third-order valence-electron chi connectivity index (χ3n) is 4.43. The number of nitrogens with zero attached hydrogens (tertiary/aromatic N) is 1. The summed E-state index contributed by atoms with van der Waals surface area (Å²) in [5, 5.41) is 15.4. The van der Waals surface area contributed by atoms with Crippen molar-refractivity contribution in [3.05, 3.63) is 77.1 Å². The number of aromatic nitrogens is 1. The zero-order chi connectivity index (χ0) is 21.5. The maximum Gasteiger partial charge on any atom is 0.255 e. The van der Waals surface area contributed by atoms with Crippen LogP contribution >= 0.6 is 11.6 Å². The van der Waals surface area contributed by atoms with E-state index < -0.39 is 0 Å². The zero-order valence-electron chi connectivity index (χ0n) is 16.4. The quantitative estimate of drug-likeness (QED) is 0.480. The van der Waals surface area contributed by atoms with Gasteiger partial charge in [-0.05, 0) is 42.8 Å². The molecule has 0 aliphatic heterocycles. The Morgan fingerprint density at radius 2 is 1.73 bits per heavy atom. The Morgan fingerprint density at radius 3 is 2.40 bits per heavy atom. The summed E-state index contributed by atoms with van der Waals surface area (Å²) < 4.78 is 7.20. The summed E-state index contributed by atoms with van der Waals surface area (Å²) in [5.74, 6) is -0.151. The Balaban J connectivity index is 1.53. The standard InChI is InChI=1S/C22H22ClN3O4/c1-30-20-14-19(26-10-2-3-11-26)18(23)13-17(20)22(29)25-9-5-8-24-21(28)15-6-4-7-16(27)12-15/h2-4,6-7,10-14,27H,5,8-9H2,1H3,(H,24,28)(H,25,29). The fraction of sp³-hybridized carbons (Fsp3) is 0.182. The molecular weight excluding hydrogens is 406 g/mol. The van der Waals surface area contributed by atoms with Gasteiger partial charge in [0.15, 0.2) is 0 Å². The van der Waals surface area contributed by atoms with E-state index in [9.17, 15) is 14.7 Å². The van der Waals surface area contributed by atoms with Gasteiger partial charge < -0.3 is 25.0 Å². The normalized spacial score (nSPS) is 10.5. The highest BCUT2D eigenvalue weighted by Gasteiger charge is 2.16. The maximum atomic E-state index is 12.6. The molecule has 2 aromatic carbocycles. The van der Waals surface area contributed by atoms with Gasteiger partial charge in [0.25, 0.3) is 11.8 Å². The second-order valence-electron chi connectivity index (χ2n) is 6.51. The van der Waals surface area contributed by atoms with Crippen molar-refractivity contribution in [3.63, 3.8) is 0 Å². The largest absolute Gasteiger partial charge is 0.508 e. The van der Waals surface area contributed by atoms with Gasteiger partial charge in [-0.25, -0.2) is 0 Å². The van der Waals surface area contributed by atoms with Crippen molar-refractivity contribution >= 4 is 23.4 Å². The van der Waals surface area contributed by atoms with Gasteiger partial charge in [-0.15, -0.1) is 0 Å². The summed E-state index contributed by atoms with van der Waals surface area (Å²) in [6.45, 7) is 0.735. The highest BCUT2D eigenvalue weighted by Crippen LogP contribution is 2.30. The number of methoxy groups -OCH3 is 1. The number of ether oxygens (including phenoxy) is 1. The molecule has 3 N–H and O–H groups in total. The molecule has 3 rings (SSSR count). The van der Waals surface area contributed by atoms with Gasteiger partial charge in [0.1, 0.15) is 11.5 Å². The highest BCUT2D eigenvalue weighted by atomic mass is 35.5. The number of amides is 2. The Kier molecular flexibility index (Phi) is 6.98. The molecule has 0 aliphatic carbocycles. The van der Waals surface area contributed by atoms with E-state index >= 15 is 0 Å². The average molecular weight is 428 g/mol. The molecule has 0 fully saturated rings. The van der Waals surface area contributed by atoms with Gasteiger partial charge in [0.05, 0.1) is 23.4 Å². The first kappa shape index (κ1) is 21.3. The monoisotopic (exact) mass is 427 g/mol. The number of carbonyl (C=O) groups is 2. The molecule has 0 saturated heterocycles. The molecule has 1 heterocycles. The summed E-state index contributed by atoms with van der Waals surface area (Å²) in [6.07, 6.45) is 4.24. The van der Waals surface area contributed by atoms with E-state index in [-0.39, 0.29) is 17.6 Å². The lowest BCUT2D eigenvalue weighted by Gasteiger charge is -2.14. The van der Waals surface area contributed by atoms with Gasteiger partial charge in [-0.2, -0.15) is 0 Å². The number of nitrogens with one attached hydrogen (secondary N) is 2. The lowest BCUT2D eigenvalue weighted by molar-refractivity contribution is 0.0949. The van der Waals surface area contributed by atoms with E-state index in [0.717, 1.165) is 0 Å². The van der Waals surface area contributed by atoms with Crippen molar-refractivity contribution in [2.75, 3.05) is 20.2 Å². The first-order chi connectivity index (χ1) is 14.5. The van der Waals surface area contributed by atoms with Crippen LogP contribution in [0.25, 0.3) is 5.69 Å². The minimum absolute atomic E-state index is 0.0327. The Labute approximate surface area is 179 Å². The fourth-order valence-electron chi connectivity index (χ4n) is 2.92. The van der Waals surface area contributed by atoms with Gasteiger partial charge in [-0.1, -0.05) is 17.7 Å². The SMILES string of the molecule is COc1cc(-n2cccc2)c(Cl)cc1C(=O)NCCCNC(=O)c1cccc(O)c1. The molecule has 8 heteroatoms. The number of rotatable bonds is 8. The number of benzene rings is 2. The van der Waals surface area contributed by atoms with Gasteiger partial charge in [-0.3, -0.25) is 9.59 Å². The number of hydrogen-bond acceptors (Lipinski definition) is 4. The summed E-state index contributed by atoms with van der Waals surface area (Å²) in [6, 6.07) is 13.2. The molecule has 0 radical (unpaired) electrons. The predicted octanol–water partition coefficient (Wildman–Crippen LogP) is 3.39. The van der Waals surface area contributed by atoms with Gasteiger partial charge in [0.2, 0.25) is 0 Å². The molecule has 0 aliphatic rings. The van der Waals surface area contributed by atoms with Crippen LogP contribution in [0.2, 0.25) is 5.02 Å². The molecule has 0 saturated carbocycles. The third-order valence-corrected chi connectivity index (χ3v) is 4.73. The number of phenols is 1. The maximum absolute atomic E-state index is 12.6. The number of hydrogen-bond donors (Lipinski definition) is 3. The minimum atomic E-state index is -0.313. The molecule has 30 heavy (non-hydrogen) atoms. The Bertz CT molecular complexity index is 1030. The van der Waals surface area contributed by atoms with Gasteiger partial charge >= 0.3 is 0 Å². The van der Waals surface area contributed by atoms with Crippen molar-refractivity contribution in [2.24, 2.45) is 0 Å². The summed E-state index contributed by atoms with van der Waals surface area (Å²) in [7, 11) is 1.50. The van der Waals surface area contributed by atoms with Crippen LogP contribution in [0.4, 0.5) is 0 Å². The molecule has 0 unspecified atom stereocenters. The van der Waals surface area contributed by atoms with E-state index in [0.29, 0.717) is 47.1 Å². The number of halogens is 1. The molecule has 156 valence electrons. The molecule has 0 atom stereocenters. The van der Waals surface area contributed by atoms with Crippen LogP contribution < -0.4 is 15.4 Å². The van der Waals surface area contributed by atoms with Crippen molar-refractivity contribution in [3.8, 4) is 17.2 Å². The lowest BCUT2D eigenvalue weighted by Crippen LogP contribution is -2.30. The minimum Gasteiger partial charge on any atom is -0.508 e. The van der Waals surface area contributed by atoms with Gasteiger partial charge in [0, 0.05) is 37.1 Å². The van der Waals surface area contributed by atoms with E-state index in [1.54, 1.807) is 24.3 Å². The third kappa shape index (κ3) is 5.12. The van der Waals surface area contributed by atoms with E-state index in [1.807, 2.05) is 29.1 Å². The smallest absolute Gasteiger partial charge is 0.255 e. The first-order valence-corrected chi connectivity index (χ1v) is 9.73. The van der Waals surface area contributed by atoms with E-state index in [4.69, 9.17) is 16.3 Å². The summed E-state index contributed by atoms with van der Waals surface area (Å²) >= 11 is 6.36. The highest BCUT2D eigenvalue weighted by molar-refractivity contribution is 6.33. The number of aromatic hydroxyl groups is 1. The van der Waals surface area contributed by atoms with Crippen LogP contribution in [0.1, 0.15) is 27.1 Å². The lowest BCUT2D eigenvalue weighted by atomic mass is 10.1. The fourth-order valence-corrected chi connectivity index (χ4v) is 3.18. The summed E-state index contributed by atoms with van der Waals surface area (Å²) in [4.78, 5) is 24.6. The van der Waals surface area contributed by atoms with Crippen LogP contribution in [-0.4, -0.2) is 41.7 Å². The number of carbonyl (C=O) groups excluding carboxylic acids is 2. The topological polar surface area (TPSA) is 92.6 Å². The first-order valence-electron chi connectivity index (χ1n) is 9.36. The second-order valence-corrected chi connectivity index (χ2v) is 6.92. The van der Waals surface area contributed by atoms with Crippen LogP contribution in [0.3, 0.4) is 0 Å². The second kappa shape index (κ2) is 9.84. The summed E-state index contributed by atoms with van der Waals surface area (Å²) in [5.41, 5.74) is 1.42. The average Bonchev–Trinajstić information content (AvgIpc) is 3.27. The predicted molar refractivity (Wildman–Crippen MR) is 115 cm³/mol. The van der Waals surface area contributed by atoms with Crippen LogP contribution in [0, 0.1) is 0 Å². The van der Waals surface area contributed by atoms with E-state index in [1.165, 1.54) is 19.2 Å². The molecule has 3 aromatic rings. The zero-order valence-corrected chi connectivity index (χ0v) is 17.1. The van der Waals surface area contributed by atoms with Crippen molar-refractivity contribution < 1.29 is 19.4 Å². The molecule has 7 nitrogen and oxygen atoms in total. The molecular formula is C22H22ClN3O4. The van der Waals surface area contributed by atoms with E-state index in [2.05, 4.69) is 10.6 Å². The van der Waals surface area contributed by atoms with Crippen LogP contribution in [-0.2, 0) is 0 Å². The van der Waals surface area contributed by atoms with Crippen LogP contribution in [0.5, 0.6) is 11.5 Å². The van der Waals surface area contributed by atoms with Crippen molar-refractivity contribution in [2.45, 2.75) is 6.42 Å². The number of phenolic OH excluding ortho intramolecular Hbond substituents is 1. The Morgan fingerprint density at radius 1 is 1.03 bits per heavy atom. The Hall–Kier alpha value is -3.45. The molecule has 1 aromatic heterocycles. The van der Waals surface area contributed by atoms with Crippen LogP contribution in [0.15, 0.2) is 60.9 Å². The molecule has 0 bridgehead atoms.